The first-order valence-electron chi connectivity index (χ1n) is 34.3. The lowest BCUT2D eigenvalue weighted by Crippen LogP contribution is -2.11. The Labute approximate surface area is 593 Å². The average molecular weight is 1290 g/mol. The van der Waals surface area contributed by atoms with Gasteiger partial charge in [0.2, 0.25) is 0 Å². The Hall–Kier alpha value is -13.2. The summed E-state index contributed by atoms with van der Waals surface area (Å²) in [5, 5.41) is 17.8. The van der Waals surface area contributed by atoms with E-state index in [0.717, 1.165) is 28.4 Å². The molecule has 0 saturated carbocycles. The van der Waals surface area contributed by atoms with Gasteiger partial charge in [0.1, 0.15) is 0 Å². The lowest BCUT2D eigenvalue weighted by molar-refractivity contribution is 1.24. The number of hydrogen-bond donors (Lipinski definition) is 0. The number of terminal acetylenes is 1. The molecule has 0 aliphatic carbocycles. The van der Waals surface area contributed by atoms with E-state index < -0.39 is 0 Å². The predicted molar refractivity (Wildman–Crippen MR) is 437 cm³/mol. The van der Waals surface area contributed by atoms with Gasteiger partial charge >= 0.3 is 0 Å². The van der Waals surface area contributed by atoms with Gasteiger partial charge in [-0.3, -0.25) is 0 Å². The summed E-state index contributed by atoms with van der Waals surface area (Å²) in [5.74, 6) is 12.4. The Kier molecular flexibility index (Phi) is 19.4. The fraction of sp³-hybridized carbons (Fsp3) is 0.0505. The molecule has 0 spiro atoms. The van der Waals surface area contributed by atoms with Crippen molar-refractivity contribution >= 4 is 110 Å². The molecule has 0 radical (unpaired) electrons. The SMILES string of the molecule is C#CC#CC.CC#CC.Cc1ccc(N(c2ccc(-c3ccc(-c4ccccc4)cc3)cc2)c2ccc3ccc4c5ccccc5ccc4c3c2)c(C)c1.c1ccc(-c2ccc(N(c3ccc(-c4cccc5ccccc45)cc3)c3ccc4ccc5c6ccccc6ccc5c4c3)cc2)cc1. The van der Waals surface area contributed by atoms with Crippen molar-refractivity contribution in [2.24, 2.45) is 0 Å². The van der Waals surface area contributed by atoms with Gasteiger partial charge in [-0.05, 0) is 239 Å². The van der Waals surface area contributed by atoms with E-state index in [9.17, 15) is 0 Å². The zero-order valence-corrected chi connectivity index (χ0v) is 57.5. The first kappa shape index (κ1) is 65.1. The topological polar surface area (TPSA) is 6.48 Å². The van der Waals surface area contributed by atoms with Gasteiger partial charge in [0, 0.05) is 34.1 Å². The third-order valence-electron chi connectivity index (χ3n) is 18.9. The van der Waals surface area contributed by atoms with Crippen LogP contribution >= 0.6 is 0 Å². The Morgan fingerprint density at radius 3 is 1.00 bits per heavy atom. The van der Waals surface area contributed by atoms with Crippen LogP contribution in [0.25, 0.3) is 120 Å². The summed E-state index contributed by atoms with van der Waals surface area (Å²) in [6, 6.07) is 128. The van der Waals surface area contributed by atoms with E-state index in [1.165, 1.54) is 137 Å². The molecule has 17 aromatic rings. The van der Waals surface area contributed by atoms with E-state index in [1.54, 1.807) is 6.92 Å². The summed E-state index contributed by atoms with van der Waals surface area (Å²) in [6.07, 6.45) is 4.72. The van der Waals surface area contributed by atoms with Crippen LogP contribution in [0.15, 0.2) is 352 Å². The quantitative estimate of drug-likeness (QED) is 0.0995. The fourth-order valence-corrected chi connectivity index (χ4v) is 13.9. The number of aryl methyl sites for hydroxylation is 2. The van der Waals surface area contributed by atoms with Gasteiger partial charge < -0.3 is 9.80 Å². The number of benzene rings is 17. The van der Waals surface area contributed by atoms with Crippen molar-refractivity contribution in [3.05, 3.63) is 363 Å². The van der Waals surface area contributed by atoms with Gasteiger partial charge in [0.05, 0.1) is 0 Å². The average Bonchev–Trinajstić information content (AvgIpc) is 0.760. The van der Waals surface area contributed by atoms with Gasteiger partial charge in [-0.25, -0.2) is 0 Å². The molecular formula is C99H74N2. The molecule has 0 saturated heterocycles. The van der Waals surface area contributed by atoms with Crippen molar-refractivity contribution in [2.45, 2.75) is 34.6 Å². The second-order valence-electron chi connectivity index (χ2n) is 25.2. The molecule has 0 atom stereocenters. The van der Waals surface area contributed by atoms with Crippen molar-refractivity contribution in [2.75, 3.05) is 9.80 Å². The second kappa shape index (κ2) is 30.1. The molecule has 0 bridgehead atoms. The van der Waals surface area contributed by atoms with Crippen molar-refractivity contribution in [3.8, 4) is 80.5 Å². The minimum atomic E-state index is 1.12. The first-order chi connectivity index (χ1) is 49.7. The molecule has 0 heterocycles. The zero-order valence-electron chi connectivity index (χ0n) is 57.5. The molecule has 0 N–H and O–H groups in total. The Balaban J connectivity index is 0.000000153. The van der Waals surface area contributed by atoms with Crippen LogP contribution in [0.5, 0.6) is 0 Å². The van der Waals surface area contributed by atoms with Crippen LogP contribution in [0.2, 0.25) is 0 Å². The lowest BCUT2D eigenvalue weighted by atomic mass is 9.96. The monoisotopic (exact) mass is 1290 g/mol. The third kappa shape index (κ3) is 13.9. The Morgan fingerprint density at radius 1 is 0.238 bits per heavy atom. The van der Waals surface area contributed by atoms with Crippen LogP contribution in [0.3, 0.4) is 0 Å². The van der Waals surface area contributed by atoms with Crippen LogP contribution in [0.1, 0.15) is 31.9 Å². The molecule has 0 fully saturated rings. The Morgan fingerprint density at radius 2 is 0.574 bits per heavy atom. The number of hydrogen-bond acceptors (Lipinski definition) is 2. The largest absolute Gasteiger partial charge is 0.310 e. The highest BCUT2D eigenvalue weighted by atomic mass is 15.1. The maximum Gasteiger partial charge on any atom is 0.0490 e. The Bertz CT molecular complexity index is 5990. The number of rotatable bonds is 10. The molecule has 0 amide bonds. The molecule has 2 nitrogen and oxygen atoms in total. The molecule has 0 aliphatic heterocycles. The van der Waals surface area contributed by atoms with Crippen LogP contribution in [0.4, 0.5) is 34.1 Å². The zero-order chi connectivity index (χ0) is 69.0. The summed E-state index contributed by atoms with van der Waals surface area (Å²) in [5.41, 5.74) is 19.1. The second-order valence-corrected chi connectivity index (χ2v) is 25.2. The molecule has 0 aliphatic rings. The van der Waals surface area contributed by atoms with Crippen LogP contribution in [-0.2, 0) is 0 Å². The van der Waals surface area contributed by atoms with Gasteiger partial charge in [-0.2, -0.15) is 0 Å². The lowest BCUT2D eigenvalue weighted by Gasteiger charge is -2.28. The molecule has 17 rings (SSSR count). The summed E-state index contributed by atoms with van der Waals surface area (Å²) in [7, 11) is 0. The molecule has 17 aromatic carbocycles. The molecule has 0 aromatic heterocycles. The summed E-state index contributed by atoms with van der Waals surface area (Å²) in [4.78, 5) is 4.78. The summed E-state index contributed by atoms with van der Waals surface area (Å²) < 4.78 is 0. The smallest absolute Gasteiger partial charge is 0.0490 e. The highest BCUT2D eigenvalue weighted by molar-refractivity contribution is 6.19. The van der Waals surface area contributed by atoms with Crippen molar-refractivity contribution < 1.29 is 0 Å². The van der Waals surface area contributed by atoms with E-state index in [-0.39, 0.29) is 0 Å². The van der Waals surface area contributed by atoms with Gasteiger partial charge in [0.25, 0.3) is 0 Å². The maximum atomic E-state index is 4.72. The molecule has 101 heavy (non-hydrogen) atoms. The minimum absolute atomic E-state index is 1.12. The van der Waals surface area contributed by atoms with Crippen LogP contribution in [-0.4, -0.2) is 0 Å². The highest BCUT2D eigenvalue weighted by Gasteiger charge is 2.19. The maximum absolute atomic E-state index is 4.72. The minimum Gasteiger partial charge on any atom is -0.310 e. The highest BCUT2D eigenvalue weighted by Crippen LogP contribution is 2.44. The first-order valence-corrected chi connectivity index (χ1v) is 34.3. The van der Waals surface area contributed by atoms with E-state index >= 15 is 0 Å². The standard InChI is InChI=1S/C46H31N.C44H33N.C5H4.C4H6/c1-2-9-32(10-3-1)33-17-24-38(25-18-33)47(39-26-19-36(20-27-39)42-16-8-13-34-11-4-6-14-41(34)42)40-28-21-37-23-29-44-43-15-7-5-12-35(43)22-30-45(44)46(37)31-40;1-30-12-27-44(31(2)28-30)45(38-22-17-35(18-23-38)34-15-13-33(14-16-34)32-8-4-3-5-9-32)39-24-19-37-21-25-41-40-11-7-6-10-36(40)20-26-42(41)43(37)29-39;1-3-5-4-2;1-3-4-2/h1-31H;3-29H,1-2H3;1H,2H3;1-2H3. The van der Waals surface area contributed by atoms with Crippen molar-refractivity contribution in [1.29, 1.82) is 0 Å². The summed E-state index contributed by atoms with van der Waals surface area (Å²) >= 11 is 0. The van der Waals surface area contributed by atoms with Crippen molar-refractivity contribution in [3.63, 3.8) is 0 Å². The number of anilines is 6. The molecular weight excluding hydrogens is 1220 g/mol. The van der Waals surface area contributed by atoms with Gasteiger partial charge in [0.15, 0.2) is 0 Å². The number of nitrogens with zero attached hydrogens (tertiary/aromatic N) is 2. The fourth-order valence-electron chi connectivity index (χ4n) is 13.9. The van der Waals surface area contributed by atoms with E-state index in [1.807, 2.05) is 13.8 Å². The predicted octanol–water partition coefficient (Wildman–Crippen LogP) is 27.3. The molecule has 480 valence electrons. The van der Waals surface area contributed by atoms with E-state index in [2.05, 4.69) is 405 Å². The van der Waals surface area contributed by atoms with Crippen LogP contribution in [0, 0.1) is 49.9 Å². The third-order valence-corrected chi connectivity index (χ3v) is 18.9. The molecule has 0 unspecified atom stereocenters. The normalized spacial score (nSPS) is 10.7. The summed E-state index contributed by atoms with van der Waals surface area (Å²) in [6.45, 7) is 9.71. The number of fused-ring (bicyclic) bond motifs is 11. The van der Waals surface area contributed by atoms with Gasteiger partial charge in [-0.15, -0.1) is 18.3 Å². The van der Waals surface area contributed by atoms with E-state index in [0.29, 0.717) is 0 Å². The van der Waals surface area contributed by atoms with Crippen LogP contribution < -0.4 is 9.80 Å². The van der Waals surface area contributed by atoms with Crippen molar-refractivity contribution in [1.82, 2.24) is 0 Å². The molecule has 2 heteroatoms. The van der Waals surface area contributed by atoms with E-state index in [4.69, 9.17) is 6.42 Å². The van der Waals surface area contributed by atoms with Gasteiger partial charge in [-0.1, -0.05) is 297 Å².